The number of rotatable bonds is 2. The minimum absolute atomic E-state index is 0.925. The summed E-state index contributed by atoms with van der Waals surface area (Å²) in [7, 11) is 2.02. The van der Waals surface area contributed by atoms with Crippen LogP contribution in [-0.2, 0) is 7.05 Å². The molecule has 0 amide bonds. The van der Waals surface area contributed by atoms with E-state index in [1.54, 1.807) is 0 Å². The number of furan rings is 1. The van der Waals surface area contributed by atoms with Crippen LogP contribution in [0, 0.1) is 6.92 Å². The maximum Gasteiger partial charge on any atom is 0.330 e. The second kappa shape index (κ2) is 6.06. The van der Waals surface area contributed by atoms with Crippen LogP contribution < -0.4 is 4.57 Å². The van der Waals surface area contributed by atoms with Gasteiger partial charge in [-0.1, -0.05) is 48.5 Å². The van der Waals surface area contributed by atoms with E-state index in [1.807, 2.05) is 42.2 Å². The Morgan fingerprint density at radius 1 is 0.852 bits per heavy atom. The zero-order valence-electron chi connectivity index (χ0n) is 15.3. The molecule has 0 saturated carbocycles. The lowest BCUT2D eigenvalue weighted by molar-refractivity contribution is -0.663. The topological polar surface area (TPSA) is 29.9 Å². The molecule has 130 valence electrons. The van der Waals surface area contributed by atoms with Gasteiger partial charge in [0.25, 0.3) is 0 Å². The monoisotopic (exact) mass is 351 g/mol. The molecule has 0 radical (unpaired) electrons. The normalized spacial score (nSPS) is 11.3. The van der Waals surface area contributed by atoms with Crippen LogP contribution in [0.4, 0.5) is 0 Å². The minimum Gasteiger partial charge on any atom is -0.455 e. The third kappa shape index (κ3) is 2.51. The van der Waals surface area contributed by atoms with Gasteiger partial charge in [-0.15, -0.1) is 0 Å². The van der Waals surface area contributed by atoms with E-state index < -0.39 is 0 Å². The molecular formula is C24H19N2O+. The zero-order valence-corrected chi connectivity index (χ0v) is 15.3. The number of nitrogens with zero attached hydrogens (tertiary/aromatic N) is 2. The molecule has 27 heavy (non-hydrogen) atoms. The van der Waals surface area contributed by atoms with Crippen LogP contribution in [0.25, 0.3) is 44.5 Å². The fraction of sp³-hybridized carbons (Fsp3) is 0.0833. The smallest absolute Gasteiger partial charge is 0.330 e. The summed E-state index contributed by atoms with van der Waals surface area (Å²) in [5, 5.41) is 2.31. The Hall–Kier alpha value is -3.46. The number of fused-ring (bicyclic) bond motifs is 3. The van der Waals surface area contributed by atoms with Crippen molar-refractivity contribution in [3.8, 4) is 22.5 Å². The highest BCUT2D eigenvalue weighted by molar-refractivity contribution is 6.09. The van der Waals surface area contributed by atoms with Crippen molar-refractivity contribution in [3.05, 3.63) is 84.7 Å². The van der Waals surface area contributed by atoms with Crippen molar-refractivity contribution in [2.75, 3.05) is 0 Å². The Labute approximate surface area is 157 Å². The van der Waals surface area contributed by atoms with Crippen molar-refractivity contribution >= 4 is 21.9 Å². The predicted octanol–water partition coefficient (Wildman–Crippen LogP) is 5.45. The average molecular weight is 351 g/mol. The maximum atomic E-state index is 6.20. The van der Waals surface area contributed by atoms with Crippen molar-refractivity contribution in [3.63, 3.8) is 0 Å². The third-order valence-electron chi connectivity index (χ3n) is 5.11. The second-order valence-electron chi connectivity index (χ2n) is 6.86. The molecule has 0 aliphatic rings. The molecule has 5 aromatic rings. The number of benzene rings is 3. The van der Waals surface area contributed by atoms with Crippen molar-refractivity contribution < 1.29 is 8.98 Å². The van der Waals surface area contributed by atoms with Gasteiger partial charge >= 0.3 is 5.82 Å². The molecule has 3 heteroatoms. The molecule has 0 aliphatic heterocycles. The highest BCUT2D eigenvalue weighted by Gasteiger charge is 2.16. The van der Waals surface area contributed by atoms with E-state index in [-0.39, 0.29) is 0 Å². The molecule has 0 atom stereocenters. The molecule has 5 rings (SSSR count). The first-order valence-electron chi connectivity index (χ1n) is 9.05. The maximum absolute atomic E-state index is 6.20. The minimum atomic E-state index is 0.925. The van der Waals surface area contributed by atoms with Crippen LogP contribution in [0.3, 0.4) is 0 Å². The lowest BCUT2D eigenvalue weighted by Crippen LogP contribution is -2.31. The summed E-state index contributed by atoms with van der Waals surface area (Å²) in [5.74, 6) is 0.962. The van der Waals surface area contributed by atoms with Crippen LogP contribution in [-0.4, -0.2) is 4.98 Å². The van der Waals surface area contributed by atoms with Crippen LogP contribution in [0.1, 0.15) is 5.56 Å². The fourth-order valence-electron chi connectivity index (χ4n) is 3.76. The van der Waals surface area contributed by atoms with Crippen LogP contribution in [0.15, 0.2) is 83.5 Å². The summed E-state index contributed by atoms with van der Waals surface area (Å²) in [6.45, 7) is 2.13. The van der Waals surface area contributed by atoms with E-state index in [0.29, 0.717) is 0 Å². The molecule has 0 fully saturated rings. The van der Waals surface area contributed by atoms with Gasteiger partial charge in [0.2, 0.25) is 0 Å². The number of aromatic nitrogens is 2. The summed E-state index contributed by atoms with van der Waals surface area (Å²) in [6.07, 6.45) is 3.85. The molecule has 0 saturated heterocycles. The molecule has 0 N–H and O–H groups in total. The Morgan fingerprint density at radius 3 is 2.56 bits per heavy atom. The van der Waals surface area contributed by atoms with Crippen LogP contribution in [0.2, 0.25) is 0 Å². The lowest BCUT2D eigenvalue weighted by atomic mass is 9.98. The van der Waals surface area contributed by atoms with Gasteiger partial charge in [0.15, 0.2) is 0 Å². The van der Waals surface area contributed by atoms with Gasteiger partial charge in [-0.3, -0.25) is 0 Å². The second-order valence-corrected chi connectivity index (χ2v) is 6.86. The summed E-state index contributed by atoms with van der Waals surface area (Å²) >= 11 is 0. The Balaban J connectivity index is 1.70. The third-order valence-corrected chi connectivity index (χ3v) is 5.11. The van der Waals surface area contributed by atoms with Gasteiger partial charge in [0.1, 0.15) is 17.4 Å². The molecule has 0 bridgehead atoms. The molecular weight excluding hydrogens is 332 g/mol. The van der Waals surface area contributed by atoms with Gasteiger partial charge in [-0.2, -0.15) is 0 Å². The largest absolute Gasteiger partial charge is 0.455 e. The van der Waals surface area contributed by atoms with E-state index in [1.165, 1.54) is 5.56 Å². The number of para-hydroxylation sites is 2. The van der Waals surface area contributed by atoms with Crippen molar-refractivity contribution in [2.45, 2.75) is 6.92 Å². The van der Waals surface area contributed by atoms with E-state index in [9.17, 15) is 0 Å². The fourth-order valence-corrected chi connectivity index (χ4v) is 3.76. The molecule has 0 spiro atoms. The summed E-state index contributed by atoms with van der Waals surface area (Å²) in [4.78, 5) is 4.53. The summed E-state index contributed by atoms with van der Waals surface area (Å²) in [6, 6.07) is 23.0. The van der Waals surface area contributed by atoms with Crippen LogP contribution >= 0.6 is 0 Å². The number of aryl methyl sites for hydroxylation is 2. The average Bonchev–Trinajstić information content (AvgIpc) is 3.07. The van der Waals surface area contributed by atoms with Gasteiger partial charge < -0.3 is 4.42 Å². The van der Waals surface area contributed by atoms with Crippen molar-refractivity contribution in [1.29, 1.82) is 0 Å². The SMILES string of the molecule is Cc1cc(-c2cccc3c2oc2ccccc23)ccc1-c1nccc[n+]1C. The first-order valence-corrected chi connectivity index (χ1v) is 9.05. The molecule has 3 aromatic carbocycles. The van der Waals surface area contributed by atoms with Gasteiger partial charge in [-0.05, 0) is 35.2 Å². The molecule has 2 aromatic heterocycles. The van der Waals surface area contributed by atoms with Crippen molar-refractivity contribution in [2.24, 2.45) is 7.05 Å². The van der Waals surface area contributed by atoms with Gasteiger partial charge in [0.05, 0.1) is 18.8 Å². The van der Waals surface area contributed by atoms with Crippen molar-refractivity contribution in [1.82, 2.24) is 4.98 Å². The highest BCUT2D eigenvalue weighted by atomic mass is 16.3. The summed E-state index contributed by atoms with van der Waals surface area (Å²) < 4.78 is 8.24. The van der Waals surface area contributed by atoms with Gasteiger partial charge in [-0.25, -0.2) is 4.57 Å². The number of hydrogen-bond acceptors (Lipinski definition) is 2. The highest BCUT2D eigenvalue weighted by Crippen LogP contribution is 2.36. The Morgan fingerprint density at radius 2 is 1.70 bits per heavy atom. The first kappa shape index (κ1) is 15.8. The Bertz CT molecular complexity index is 1300. The van der Waals surface area contributed by atoms with E-state index in [0.717, 1.165) is 44.5 Å². The van der Waals surface area contributed by atoms with Crippen LogP contribution in [0.5, 0.6) is 0 Å². The van der Waals surface area contributed by atoms with E-state index >= 15 is 0 Å². The predicted molar refractivity (Wildman–Crippen MR) is 108 cm³/mol. The number of hydrogen-bond donors (Lipinski definition) is 0. The van der Waals surface area contributed by atoms with E-state index in [2.05, 4.69) is 60.4 Å². The Kier molecular flexibility index (Phi) is 3.54. The van der Waals surface area contributed by atoms with Gasteiger partial charge in [0, 0.05) is 22.4 Å². The molecule has 2 heterocycles. The lowest BCUT2D eigenvalue weighted by Gasteiger charge is -2.07. The molecule has 0 unspecified atom stereocenters. The first-order chi connectivity index (χ1) is 13.2. The quantitative estimate of drug-likeness (QED) is 0.396. The summed E-state index contributed by atoms with van der Waals surface area (Å²) in [5.41, 5.74) is 6.46. The molecule has 3 nitrogen and oxygen atoms in total. The zero-order chi connectivity index (χ0) is 18.4. The standard InChI is InChI=1S/C24H19N2O/c1-16-15-17(11-12-18(16)24-25-13-6-14-26(24)2)19-8-5-9-21-20-7-3-4-10-22(20)27-23(19)21/h3-15H,1-2H3/q+1. The molecule has 0 aliphatic carbocycles. The van der Waals surface area contributed by atoms with E-state index in [4.69, 9.17) is 4.42 Å².